The van der Waals surface area contributed by atoms with E-state index in [1.807, 2.05) is 0 Å². The number of hydrogen-bond donors (Lipinski definition) is 1. The Kier molecular flexibility index (Phi) is 3.34. The van der Waals surface area contributed by atoms with E-state index in [4.69, 9.17) is 5.73 Å². The lowest BCUT2D eigenvalue weighted by molar-refractivity contribution is 0.0885. The second kappa shape index (κ2) is 4.27. The normalized spacial score (nSPS) is 47.6. The molecule has 4 unspecified atom stereocenters. The van der Waals surface area contributed by atoms with Gasteiger partial charge in [-0.1, -0.05) is 13.8 Å². The van der Waals surface area contributed by atoms with Gasteiger partial charge in [0.25, 0.3) is 0 Å². The van der Waals surface area contributed by atoms with Gasteiger partial charge >= 0.3 is 0 Å². The predicted octanol–water partition coefficient (Wildman–Crippen LogP) is 1.94. The number of thioether (sulfide) groups is 1. The Morgan fingerprint density at radius 2 is 2.13 bits per heavy atom. The minimum atomic E-state index is 0.300. The number of nitrogens with zero attached hydrogens (tertiary/aromatic N) is 1. The molecule has 3 heteroatoms. The zero-order valence-electron chi connectivity index (χ0n) is 10.2. The van der Waals surface area contributed by atoms with Gasteiger partial charge in [0.1, 0.15) is 0 Å². The molecule has 0 amide bonds. The molecule has 0 aliphatic carbocycles. The van der Waals surface area contributed by atoms with Crippen molar-refractivity contribution in [2.24, 2.45) is 11.7 Å². The number of hydrogen-bond acceptors (Lipinski definition) is 3. The maximum absolute atomic E-state index is 6.09. The maximum Gasteiger partial charge on any atom is 0.0458 e. The summed E-state index contributed by atoms with van der Waals surface area (Å²) in [5.41, 5.74) is 6.39. The van der Waals surface area contributed by atoms with Crippen LogP contribution >= 0.6 is 11.8 Å². The molecule has 0 saturated carbocycles. The monoisotopic (exact) mass is 228 g/mol. The van der Waals surface area contributed by atoms with E-state index in [1.54, 1.807) is 0 Å². The Labute approximate surface area is 98.0 Å². The summed E-state index contributed by atoms with van der Waals surface area (Å²) in [6, 6.07) is 0.727. The van der Waals surface area contributed by atoms with Gasteiger partial charge < -0.3 is 5.73 Å². The van der Waals surface area contributed by atoms with Crippen molar-refractivity contribution in [3.8, 4) is 0 Å². The van der Waals surface area contributed by atoms with Crippen LogP contribution in [0, 0.1) is 5.92 Å². The minimum absolute atomic E-state index is 0.300. The Morgan fingerprint density at radius 3 is 2.53 bits per heavy atom. The van der Waals surface area contributed by atoms with Crippen LogP contribution in [-0.2, 0) is 0 Å². The zero-order valence-corrected chi connectivity index (χ0v) is 11.0. The fourth-order valence-electron chi connectivity index (χ4n) is 3.45. The van der Waals surface area contributed by atoms with Gasteiger partial charge in [0.15, 0.2) is 0 Å². The summed E-state index contributed by atoms with van der Waals surface area (Å²) in [6.45, 7) is 9.19. The molecule has 88 valence electrons. The quantitative estimate of drug-likeness (QED) is 0.783. The SMILES string of the molecule is CC1CC(C)N(C2(CN)CCSC2C)C1. The first-order chi connectivity index (χ1) is 7.10. The van der Waals surface area contributed by atoms with E-state index in [9.17, 15) is 0 Å². The first-order valence-corrected chi connectivity index (χ1v) is 7.23. The highest BCUT2D eigenvalue weighted by Gasteiger charge is 2.48. The highest BCUT2D eigenvalue weighted by atomic mass is 32.2. The van der Waals surface area contributed by atoms with Crippen molar-refractivity contribution in [3.63, 3.8) is 0 Å². The first kappa shape index (κ1) is 11.7. The summed E-state index contributed by atoms with van der Waals surface area (Å²) in [5, 5.41) is 0.704. The van der Waals surface area contributed by atoms with Crippen molar-refractivity contribution in [2.45, 2.75) is 50.4 Å². The van der Waals surface area contributed by atoms with Crippen LogP contribution in [0.2, 0.25) is 0 Å². The van der Waals surface area contributed by atoms with Crippen molar-refractivity contribution < 1.29 is 0 Å². The van der Waals surface area contributed by atoms with Gasteiger partial charge in [-0.2, -0.15) is 11.8 Å². The molecule has 2 rings (SSSR count). The largest absolute Gasteiger partial charge is 0.329 e. The summed E-state index contributed by atoms with van der Waals surface area (Å²) in [5.74, 6) is 2.14. The van der Waals surface area contributed by atoms with Crippen LogP contribution in [0.5, 0.6) is 0 Å². The van der Waals surface area contributed by atoms with Crippen LogP contribution in [0.25, 0.3) is 0 Å². The second-order valence-electron chi connectivity index (χ2n) is 5.41. The summed E-state index contributed by atoms with van der Waals surface area (Å²) < 4.78 is 0. The van der Waals surface area contributed by atoms with Crippen molar-refractivity contribution in [3.05, 3.63) is 0 Å². The van der Waals surface area contributed by atoms with Crippen molar-refractivity contribution in [1.29, 1.82) is 0 Å². The third-order valence-electron chi connectivity index (χ3n) is 4.37. The minimum Gasteiger partial charge on any atom is -0.329 e. The molecular formula is C12H24N2S. The Bertz CT molecular complexity index is 234. The topological polar surface area (TPSA) is 29.3 Å². The fourth-order valence-corrected chi connectivity index (χ4v) is 4.94. The summed E-state index contributed by atoms with van der Waals surface area (Å²) >= 11 is 2.10. The van der Waals surface area contributed by atoms with Crippen LogP contribution in [0.15, 0.2) is 0 Å². The Balaban J connectivity index is 2.19. The van der Waals surface area contributed by atoms with E-state index in [1.165, 1.54) is 25.1 Å². The molecule has 0 aromatic heterocycles. The fraction of sp³-hybridized carbons (Fsp3) is 1.00. The summed E-state index contributed by atoms with van der Waals surface area (Å²) in [6.07, 6.45) is 2.63. The highest BCUT2D eigenvalue weighted by Crippen LogP contribution is 2.43. The smallest absolute Gasteiger partial charge is 0.0458 e. The average Bonchev–Trinajstić information content (AvgIpc) is 2.71. The molecule has 2 aliphatic heterocycles. The van der Waals surface area contributed by atoms with Gasteiger partial charge in [0.05, 0.1) is 0 Å². The molecule has 0 spiro atoms. The highest BCUT2D eigenvalue weighted by molar-refractivity contribution is 8.00. The number of likely N-dealkylation sites (tertiary alicyclic amines) is 1. The van der Waals surface area contributed by atoms with E-state index < -0.39 is 0 Å². The zero-order chi connectivity index (χ0) is 11.1. The molecule has 2 fully saturated rings. The molecule has 2 heterocycles. The molecule has 0 bridgehead atoms. The maximum atomic E-state index is 6.09. The van der Waals surface area contributed by atoms with Gasteiger partial charge in [-0.15, -0.1) is 0 Å². The third-order valence-corrected chi connectivity index (χ3v) is 5.75. The first-order valence-electron chi connectivity index (χ1n) is 6.18. The molecular weight excluding hydrogens is 204 g/mol. The lowest BCUT2D eigenvalue weighted by atomic mass is 9.90. The molecule has 2 saturated heterocycles. The standard InChI is InChI=1S/C12H24N2S/c1-9-6-10(2)14(7-9)12(8-13)4-5-15-11(12)3/h9-11H,4-8,13H2,1-3H3. The molecule has 0 aromatic carbocycles. The van der Waals surface area contributed by atoms with Crippen LogP contribution in [-0.4, -0.2) is 40.6 Å². The van der Waals surface area contributed by atoms with Gasteiger partial charge in [-0.05, 0) is 31.4 Å². The summed E-state index contributed by atoms with van der Waals surface area (Å²) in [4.78, 5) is 2.71. The van der Waals surface area contributed by atoms with E-state index >= 15 is 0 Å². The molecule has 2 N–H and O–H groups in total. The molecule has 15 heavy (non-hydrogen) atoms. The van der Waals surface area contributed by atoms with Crippen molar-refractivity contribution >= 4 is 11.8 Å². The number of rotatable bonds is 2. The van der Waals surface area contributed by atoms with Crippen LogP contribution in [0.3, 0.4) is 0 Å². The molecule has 2 nitrogen and oxygen atoms in total. The van der Waals surface area contributed by atoms with E-state index in [-0.39, 0.29) is 0 Å². The van der Waals surface area contributed by atoms with E-state index in [2.05, 4.69) is 37.4 Å². The van der Waals surface area contributed by atoms with Gasteiger partial charge in [-0.25, -0.2) is 0 Å². The van der Waals surface area contributed by atoms with E-state index in [0.29, 0.717) is 10.8 Å². The van der Waals surface area contributed by atoms with Crippen molar-refractivity contribution in [2.75, 3.05) is 18.8 Å². The van der Waals surface area contributed by atoms with Crippen LogP contribution in [0.4, 0.5) is 0 Å². The second-order valence-corrected chi connectivity index (χ2v) is 6.86. The Hall–Kier alpha value is 0.270. The molecule has 4 atom stereocenters. The molecule has 0 radical (unpaired) electrons. The van der Waals surface area contributed by atoms with Crippen LogP contribution in [0.1, 0.15) is 33.6 Å². The Morgan fingerprint density at radius 1 is 1.40 bits per heavy atom. The lowest BCUT2D eigenvalue weighted by Gasteiger charge is -2.43. The van der Waals surface area contributed by atoms with Gasteiger partial charge in [-0.3, -0.25) is 4.90 Å². The third kappa shape index (κ3) is 1.83. The van der Waals surface area contributed by atoms with Gasteiger partial charge in [0.2, 0.25) is 0 Å². The van der Waals surface area contributed by atoms with Crippen molar-refractivity contribution in [1.82, 2.24) is 4.90 Å². The van der Waals surface area contributed by atoms with Crippen LogP contribution < -0.4 is 5.73 Å². The predicted molar refractivity (Wildman–Crippen MR) is 68.3 cm³/mol. The average molecular weight is 228 g/mol. The summed E-state index contributed by atoms with van der Waals surface area (Å²) in [7, 11) is 0. The van der Waals surface area contributed by atoms with Gasteiger partial charge in [0, 0.05) is 29.9 Å². The molecule has 0 aromatic rings. The molecule has 2 aliphatic rings. The van der Waals surface area contributed by atoms with E-state index in [0.717, 1.165) is 18.5 Å². The number of nitrogens with two attached hydrogens (primary N) is 1. The lowest BCUT2D eigenvalue weighted by Crippen LogP contribution is -2.58.